The summed E-state index contributed by atoms with van der Waals surface area (Å²) in [5.74, 6) is 1.89. The van der Waals surface area contributed by atoms with Crippen molar-refractivity contribution in [1.29, 1.82) is 0 Å². The highest BCUT2D eigenvalue weighted by Gasteiger charge is 2.11. The van der Waals surface area contributed by atoms with Gasteiger partial charge in [-0.15, -0.1) is 0 Å². The Balaban J connectivity index is 1.94. The number of ether oxygens (including phenoxy) is 3. The lowest BCUT2D eigenvalue weighted by atomic mass is 10.1. The van der Waals surface area contributed by atoms with Crippen molar-refractivity contribution in [2.75, 3.05) is 21.3 Å². The van der Waals surface area contributed by atoms with Crippen LogP contribution in [0.2, 0.25) is 0 Å². The summed E-state index contributed by atoms with van der Waals surface area (Å²) < 4.78 is 16.1. The molecular weight excluding hydrogens is 290 g/mol. The molecule has 4 heteroatoms. The van der Waals surface area contributed by atoms with Crippen molar-refractivity contribution < 1.29 is 14.2 Å². The first-order valence-corrected chi connectivity index (χ1v) is 7.30. The number of methoxy groups -OCH3 is 3. The Morgan fingerprint density at radius 3 is 2.13 bits per heavy atom. The highest BCUT2D eigenvalue weighted by atomic mass is 16.5. The van der Waals surface area contributed by atoms with E-state index in [2.05, 4.69) is 35.3 Å². The Morgan fingerprint density at radius 1 is 0.783 bits per heavy atom. The van der Waals surface area contributed by atoms with E-state index in [9.17, 15) is 0 Å². The van der Waals surface area contributed by atoms with Crippen molar-refractivity contribution in [3.63, 3.8) is 0 Å². The van der Waals surface area contributed by atoms with Gasteiger partial charge in [-0.1, -0.05) is 24.3 Å². The number of rotatable bonds is 5. The number of aromatic amines is 1. The molecule has 1 heterocycles. The molecule has 118 valence electrons. The number of hydrogen-bond donors (Lipinski definition) is 1. The van der Waals surface area contributed by atoms with Crippen LogP contribution in [-0.2, 0) is 0 Å². The topological polar surface area (TPSA) is 43.5 Å². The van der Waals surface area contributed by atoms with Crippen LogP contribution in [0.15, 0.2) is 42.6 Å². The van der Waals surface area contributed by atoms with E-state index in [0.29, 0.717) is 17.2 Å². The van der Waals surface area contributed by atoms with Crippen LogP contribution in [0.3, 0.4) is 0 Å². The summed E-state index contributed by atoms with van der Waals surface area (Å²) in [5.41, 5.74) is 3.22. The number of nitrogens with one attached hydrogen (secondary N) is 1. The van der Waals surface area contributed by atoms with Gasteiger partial charge in [-0.25, -0.2) is 0 Å². The maximum atomic E-state index is 5.37. The molecule has 0 amide bonds. The molecule has 0 atom stereocenters. The summed E-state index contributed by atoms with van der Waals surface area (Å²) in [6.45, 7) is 0. The third-order valence-electron chi connectivity index (χ3n) is 3.73. The van der Waals surface area contributed by atoms with E-state index >= 15 is 0 Å². The third kappa shape index (κ3) is 3.01. The lowest BCUT2D eigenvalue weighted by Gasteiger charge is -2.12. The zero-order valence-corrected chi connectivity index (χ0v) is 13.4. The standard InChI is InChI=1S/C19H19NO3/c1-21-17-11-14(12-18(22-2)19(17)23-3)5-4-13-6-7-15-8-9-20-16(15)10-13/h4-12,20H,1-3H3/b5-4+. The molecule has 1 N–H and O–H groups in total. The Labute approximate surface area is 135 Å². The van der Waals surface area contributed by atoms with Crippen LogP contribution in [-0.4, -0.2) is 26.3 Å². The molecule has 0 spiro atoms. The fourth-order valence-corrected chi connectivity index (χ4v) is 2.56. The molecule has 0 saturated heterocycles. The molecule has 2 aromatic carbocycles. The molecule has 3 rings (SSSR count). The van der Waals surface area contributed by atoms with Gasteiger partial charge in [0.2, 0.25) is 5.75 Å². The van der Waals surface area contributed by atoms with Crippen LogP contribution in [0, 0.1) is 0 Å². The fourth-order valence-electron chi connectivity index (χ4n) is 2.56. The minimum absolute atomic E-state index is 0.597. The van der Waals surface area contributed by atoms with Gasteiger partial charge in [0.15, 0.2) is 11.5 Å². The largest absolute Gasteiger partial charge is 0.493 e. The van der Waals surface area contributed by atoms with E-state index in [1.165, 1.54) is 5.39 Å². The predicted octanol–water partition coefficient (Wildman–Crippen LogP) is 4.36. The predicted molar refractivity (Wildman–Crippen MR) is 93.3 cm³/mol. The molecule has 0 radical (unpaired) electrons. The quantitative estimate of drug-likeness (QED) is 0.712. The van der Waals surface area contributed by atoms with E-state index < -0.39 is 0 Å². The van der Waals surface area contributed by atoms with Crippen LogP contribution < -0.4 is 14.2 Å². The first-order valence-electron chi connectivity index (χ1n) is 7.30. The average molecular weight is 309 g/mol. The van der Waals surface area contributed by atoms with Gasteiger partial charge >= 0.3 is 0 Å². The summed E-state index contributed by atoms with van der Waals surface area (Å²) in [6, 6.07) is 12.2. The molecule has 23 heavy (non-hydrogen) atoms. The van der Waals surface area contributed by atoms with Crippen molar-refractivity contribution in [3.05, 3.63) is 53.7 Å². The molecule has 0 fully saturated rings. The van der Waals surface area contributed by atoms with Gasteiger partial charge in [-0.3, -0.25) is 0 Å². The number of H-pyrrole nitrogens is 1. The van der Waals surface area contributed by atoms with Gasteiger partial charge in [0, 0.05) is 11.7 Å². The molecule has 3 aromatic rings. The number of benzene rings is 2. The Morgan fingerprint density at radius 2 is 1.48 bits per heavy atom. The molecule has 0 bridgehead atoms. The van der Waals surface area contributed by atoms with Gasteiger partial charge in [-0.05, 0) is 40.8 Å². The third-order valence-corrected chi connectivity index (χ3v) is 3.73. The highest BCUT2D eigenvalue weighted by Crippen LogP contribution is 2.38. The zero-order valence-electron chi connectivity index (χ0n) is 13.4. The fraction of sp³-hybridized carbons (Fsp3) is 0.158. The van der Waals surface area contributed by atoms with Crippen LogP contribution in [0.25, 0.3) is 23.1 Å². The minimum atomic E-state index is 0.597. The van der Waals surface area contributed by atoms with Gasteiger partial charge < -0.3 is 19.2 Å². The van der Waals surface area contributed by atoms with Crippen LogP contribution >= 0.6 is 0 Å². The van der Waals surface area contributed by atoms with Crippen LogP contribution in [0.5, 0.6) is 17.2 Å². The molecule has 0 aliphatic rings. The van der Waals surface area contributed by atoms with E-state index in [1.54, 1.807) is 21.3 Å². The molecule has 0 aliphatic carbocycles. The molecule has 0 aliphatic heterocycles. The van der Waals surface area contributed by atoms with Crippen molar-refractivity contribution in [1.82, 2.24) is 4.98 Å². The second-order valence-corrected chi connectivity index (χ2v) is 5.12. The van der Waals surface area contributed by atoms with Crippen molar-refractivity contribution in [2.45, 2.75) is 0 Å². The van der Waals surface area contributed by atoms with Crippen LogP contribution in [0.4, 0.5) is 0 Å². The molecule has 1 aromatic heterocycles. The van der Waals surface area contributed by atoms with Crippen molar-refractivity contribution in [3.8, 4) is 17.2 Å². The maximum absolute atomic E-state index is 5.37. The first kappa shape index (κ1) is 15.0. The lowest BCUT2D eigenvalue weighted by Crippen LogP contribution is -1.95. The highest BCUT2D eigenvalue weighted by molar-refractivity contribution is 5.83. The van der Waals surface area contributed by atoms with E-state index in [-0.39, 0.29) is 0 Å². The molecule has 0 unspecified atom stereocenters. The van der Waals surface area contributed by atoms with Crippen molar-refractivity contribution in [2.24, 2.45) is 0 Å². The summed E-state index contributed by atoms with van der Waals surface area (Å²) >= 11 is 0. The Hall–Kier alpha value is -2.88. The minimum Gasteiger partial charge on any atom is -0.493 e. The SMILES string of the molecule is COc1cc(/C=C/c2ccc3cc[nH]c3c2)cc(OC)c1OC. The van der Waals surface area contributed by atoms with Gasteiger partial charge in [0.25, 0.3) is 0 Å². The summed E-state index contributed by atoms with van der Waals surface area (Å²) in [6.07, 6.45) is 6.02. The Kier molecular flexibility index (Phi) is 4.24. The number of hydrogen-bond acceptors (Lipinski definition) is 3. The van der Waals surface area contributed by atoms with Crippen molar-refractivity contribution >= 4 is 23.1 Å². The lowest BCUT2D eigenvalue weighted by molar-refractivity contribution is 0.324. The van der Waals surface area contributed by atoms with E-state index in [4.69, 9.17) is 14.2 Å². The first-order chi connectivity index (χ1) is 11.2. The van der Waals surface area contributed by atoms with Gasteiger partial charge in [-0.2, -0.15) is 0 Å². The monoisotopic (exact) mass is 309 g/mol. The van der Waals surface area contributed by atoms with Gasteiger partial charge in [0.1, 0.15) is 0 Å². The smallest absolute Gasteiger partial charge is 0.203 e. The zero-order chi connectivity index (χ0) is 16.2. The second kappa shape index (κ2) is 6.48. The average Bonchev–Trinajstić information content (AvgIpc) is 3.06. The van der Waals surface area contributed by atoms with Crippen LogP contribution in [0.1, 0.15) is 11.1 Å². The van der Waals surface area contributed by atoms with Gasteiger partial charge in [0.05, 0.1) is 21.3 Å². The maximum Gasteiger partial charge on any atom is 0.203 e. The summed E-state index contributed by atoms with van der Waals surface area (Å²) in [4.78, 5) is 3.22. The molecule has 0 saturated carbocycles. The second-order valence-electron chi connectivity index (χ2n) is 5.12. The van der Waals surface area contributed by atoms with E-state index in [1.807, 2.05) is 24.4 Å². The Bertz CT molecular complexity index is 824. The molecule has 4 nitrogen and oxygen atoms in total. The number of fused-ring (bicyclic) bond motifs is 1. The normalized spacial score (nSPS) is 11.1. The molecular formula is C19H19NO3. The number of aromatic nitrogens is 1. The van der Waals surface area contributed by atoms with E-state index in [0.717, 1.165) is 16.6 Å². The summed E-state index contributed by atoms with van der Waals surface area (Å²) in [7, 11) is 4.83. The summed E-state index contributed by atoms with van der Waals surface area (Å²) in [5, 5.41) is 1.20.